The maximum Gasteiger partial charge on any atom is 0.287 e. The number of amides is 2. The molecular weight excluding hydrogens is 310 g/mol. The highest BCUT2D eigenvalue weighted by Crippen LogP contribution is 2.21. The lowest BCUT2D eigenvalue weighted by Gasteiger charge is -2.07. The Labute approximate surface area is 137 Å². The average Bonchev–Trinajstić information content (AvgIpc) is 3.14. The zero-order valence-corrected chi connectivity index (χ0v) is 12.9. The van der Waals surface area contributed by atoms with Gasteiger partial charge in [0.2, 0.25) is 5.91 Å². The quantitative estimate of drug-likeness (QED) is 0.750. The summed E-state index contributed by atoms with van der Waals surface area (Å²) in [6, 6.07) is 10.4. The van der Waals surface area contributed by atoms with E-state index in [1.807, 2.05) is 18.2 Å². The van der Waals surface area contributed by atoms with Gasteiger partial charge in [-0.25, -0.2) is 0 Å². The average molecular weight is 325 g/mol. The number of carbonyl (C=O) groups excluding carboxylic acids is 2. The Bertz CT molecular complexity index is 875. The molecular formula is C17H15N3O4. The van der Waals surface area contributed by atoms with Gasteiger partial charge in [-0.15, -0.1) is 0 Å². The Balaban J connectivity index is 1.61. The number of aromatic nitrogens is 1. The molecule has 0 fully saturated rings. The number of hydrogen-bond donors (Lipinski definition) is 2. The number of fused-ring (bicyclic) bond motifs is 1. The molecule has 2 aromatic heterocycles. The van der Waals surface area contributed by atoms with Gasteiger partial charge in [-0.3, -0.25) is 14.6 Å². The number of benzene rings is 1. The molecule has 0 aliphatic heterocycles. The van der Waals surface area contributed by atoms with Crippen LogP contribution in [-0.4, -0.2) is 30.5 Å². The third kappa shape index (κ3) is 3.52. The minimum absolute atomic E-state index is 0.157. The SMILES string of the molecule is COc1ccc2cc(NC(=O)CNC(=O)c3ccco3)cnc2c1. The van der Waals surface area contributed by atoms with Crippen LogP contribution in [0.25, 0.3) is 10.9 Å². The Morgan fingerprint density at radius 2 is 2.12 bits per heavy atom. The van der Waals surface area contributed by atoms with Gasteiger partial charge in [-0.2, -0.15) is 0 Å². The van der Waals surface area contributed by atoms with Gasteiger partial charge in [0.15, 0.2) is 5.76 Å². The molecule has 2 N–H and O–H groups in total. The molecule has 122 valence electrons. The summed E-state index contributed by atoms with van der Waals surface area (Å²) < 4.78 is 10.1. The van der Waals surface area contributed by atoms with Gasteiger partial charge in [0.25, 0.3) is 5.91 Å². The minimum atomic E-state index is -0.445. The number of rotatable bonds is 5. The highest BCUT2D eigenvalue weighted by molar-refractivity contribution is 5.98. The van der Waals surface area contributed by atoms with Crippen molar-refractivity contribution in [2.75, 3.05) is 19.0 Å². The van der Waals surface area contributed by atoms with Crippen molar-refractivity contribution < 1.29 is 18.7 Å². The van der Waals surface area contributed by atoms with E-state index in [0.717, 1.165) is 10.9 Å². The molecule has 0 saturated carbocycles. The fourth-order valence-corrected chi connectivity index (χ4v) is 2.16. The van der Waals surface area contributed by atoms with E-state index in [0.29, 0.717) is 11.4 Å². The first-order chi connectivity index (χ1) is 11.7. The summed E-state index contributed by atoms with van der Waals surface area (Å²) in [5, 5.41) is 6.03. The Morgan fingerprint density at radius 3 is 2.88 bits per heavy atom. The van der Waals surface area contributed by atoms with Crippen molar-refractivity contribution in [1.29, 1.82) is 0 Å². The van der Waals surface area contributed by atoms with Crippen molar-refractivity contribution >= 4 is 28.4 Å². The molecule has 7 nitrogen and oxygen atoms in total. The molecule has 0 saturated heterocycles. The lowest BCUT2D eigenvalue weighted by atomic mass is 10.2. The Hall–Kier alpha value is -3.35. The Kier molecular flexibility index (Phi) is 4.42. The van der Waals surface area contributed by atoms with E-state index >= 15 is 0 Å². The normalized spacial score (nSPS) is 10.4. The fourth-order valence-electron chi connectivity index (χ4n) is 2.16. The van der Waals surface area contributed by atoms with Crippen molar-refractivity contribution in [3.05, 3.63) is 54.6 Å². The zero-order valence-electron chi connectivity index (χ0n) is 12.9. The van der Waals surface area contributed by atoms with E-state index < -0.39 is 5.91 Å². The summed E-state index contributed by atoms with van der Waals surface area (Å²) >= 11 is 0. The predicted molar refractivity (Wildman–Crippen MR) is 88.0 cm³/mol. The predicted octanol–water partition coefficient (Wildman–Crippen LogP) is 2.20. The van der Waals surface area contributed by atoms with E-state index in [4.69, 9.17) is 9.15 Å². The fraction of sp³-hybridized carbons (Fsp3) is 0.118. The molecule has 0 radical (unpaired) electrons. The highest BCUT2D eigenvalue weighted by atomic mass is 16.5. The summed E-state index contributed by atoms with van der Waals surface area (Å²) in [5.74, 6) is 0.0694. The van der Waals surface area contributed by atoms with Gasteiger partial charge >= 0.3 is 0 Å². The van der Waals surface area contributed by atoms with Crippen LogP contribution in [0.1, 0.15) is 10.6 Å². The van der Waals surface area contributed by atoms with E-state index in [2.05, 4.69) is 15.6 Å². The number of furan rings is 1. The third-order valence-corrected chi connectivity index (χ3v) is 3.33. The molecule has 0 aliphatic rings. The van der Waals surface area contributed by atoms with Crippen LogP contribution in [0.15, 0.2) is 53.3 Å². The number of hydrogen-bond acceptors (Lipinski definition) is 5. The number of nitrogens with one attached hydrogen (secondary N) is 2. The number of nitrogens with zero attached hydrogens (tertiary/aromatic N) is 1. The summed E-state index contributed by atoms with van der Waals surface area (Å²) in [5.41, 5.74) is 1.31. The second-order valence-corrected chi connectivity index (χ2v) is 4.99. The molecule has 3 aromatic rings. The molecule has 1 aromatic carbocycles. The molecule has 0 atom stereocenters. The topological polar surface area (TPSA) is 93.5 Å². The van der Waals surface area contributed by atoms with Crippen LogP contribution in [0.3, 0.4) is 0 Å². The molecule has 0 unspecified atom stereocenters. The highest BCUT2D eigenvalue weighted by Gasteiger charge is 2.10. The lowest BCUT2D eigenvalue weighted by molar-refractivity contribution is -0.115. The minimum Gasteiger partial charge on any atom is -0.497 e. The molecule has 3 rings (SSSR count). The van der Waals surface area contributed by atoms with Crippen molar-refractivity contribution in [2.45, 2.75) is 0 Å². The van der Waals surface area contributed by atoms with Crippen LogP contribution >= 0.6 is 0 Å². The monoisotopic (exact) mass is 325 g/mol. The van der Waals surface area contributed by atoms with Gasteiger partial charge in [0.05, 0.1) is 37.3 Å². The first-order valence-corrected chi connectivity index (χ1v) is 7.21. The number of anilines is 1. The maximum absolute atomic E-state index is 11.9. The van der Waals surface area contributed by atoms with Gasteiger partial charge < -0.3 is 19.8 Å². The maximum atomic E-state index is 11.9. The van der Waals surface area contributed by atoms with E-state index in [9.17, 15) is 9.59 Å². The summed E-state index contributed by atoms with van der Waals surface area (Å²) in [4.78, 5) is 27.9. The van der Waals surface area contributed by atoms with Crippen LogP contribution in [0, 0.1) is 0 Å². The van der Waals surface area contributed by atoms with Crippen LogP contribution in [0.4, 0.5) is 5.69 Å². The lowest BCUT2D eigenvalue weighted by Crippen LogP contribution is -2.32. The van der Waals surface area contributed by atoms with Crippen molar-refractivity contribution in [3.63, 3.8) is 0 Å². The zero-order chi connectivity index (χ0) is 16.9. The second kappa shape index (κ2) is 6.82. The molecule has 0 bridgehead atoms. The first kappa shape index (κ1) is 15.5. The van der Waals surface area contributed by atoms with Gasteiger partial charge in [-0.05, 0) is 30.3 Å². The van der Waals surface area contributed by atoms with Crippen molar-refractivity contribution in [3.8, 4) is 5.75 Å². The molecule has 24 heavy (non-hydrogen) atoms. The van der Waals surface area contributed by atoms with E-state index in [1.165, 1.54) is 12.3 Å². The number of ether oxygens (including phenoxy) is 1. The van der Waals surface area contributed by atoms with Gasteiger partial charge in [-0.1, -0.05) is 0 Å². The van der Waals surface area contributed by atoms with Crippen LogP contribution in [0.5, 0.6) is 5.75 Å². The third-order valence-electron chi connectivity index (χ3n) is 3.33. The van der Waals surface area contributed by atoms with Gasteiger partial charge in [0, 0.05) is 11.5 Å². The molecule has 0 aliphatic carbocycles. The van der Waals surface area contributed by atoms with E-state index in [1.54, 1.807) is 25.4 Å². The smallest absolute Gasteiger partial charge is 0.287 e. The number of methoxy groups -OCH3 is 1. The molecule has 2 amide bonds. The standard InChI is InChI=1S/C17H15N3O4/c1-23-13-5-4-11-7-12(9-18-14(11)8-13)20-16(21)10-19-17(22)15-3-2-6-24-15/h2-9H,10H2,1H3,(H,19,22)(H,20,21). The summed E-state index contributed by atoms with van der Waals surface area (Å²) in [6.45, 7) is -0.166. The van der Waals surface area contributed by atoms with E-state index in [-0.39, 0.29) is 18.2 Å². The van der Waals surface area contributed by atoms with Crippen molar-refractivity contribution in [2.24, 2.45) is 0 Å². The van der Waals surface area contributed by atoms with Crippen LogP contribution in [0.2, 0.25) is 0 Å². The summed E-state index contributed by atoms with van der Waals surface area (Å²) in [6.07, 6.45) is 2.94. The van der Waals surface area contributed by atoms with Crippen molar-refractivity contribution in [1.82, 2.24) is 10.3 Å². The molecule has 2 heterocycles. The second-order valence-electron chi connectivity index (χ2n) is 4.99. The van der Waals surface area contributed by atoms with Crippen LogP contribution < -0.4 is 15.4 Å². The Morgan fingerprint density at radius 1 is 1.25 bits per heavy atom. The number of pyridine rings is 1. The van der Waals surface area contributed by atoms with Crippen LogP contribution in [-0.2, 0) is 4.79 Å². The molecule has 7 heteroatoms. The summed E-state index contributed by atoms with van der Waals surface area (Å²) in [7, 11) is 1.59. The molecule has 0 spiro atoms. The largest absolute Gasteiger partial charge is 0.497 e. The van der Waals surface area contributed by atoms with Gasteiger partial charge in [0.1, 0.15) is 5.75 Å². The number of carbonyl (C=O) groups is 2. The first-order valence-electron chi connectivity index (χ1n) is 7.21.